The molecule has 0 spiro atoms. The molecule has 6 nitrogen and oxygen atoms in total. The molecule has 1 heterocycles. The van der Waals surface area contributed by atoms with E-state index in [1.54, 1.807) is 38.5 Å². The molecule has 2 aromatic rings. The Bertz CT molecular complexity index is 810. The van der Waals surface area contributed by atoms with Crippen LogP contribution in [0.2, 0.25) is 0 Å². The topological polar surface area (TPSA) is 60.0 Å². The van der Waals surface area contributed by atoms with E-state index in [2.05, 4.69) is 10.2 Å². The monoisotopic (exact) mass is 402 g/mol. The molecule has 1 aliphatic rings. The van der Waals surface area contributed by atoms with Gasteiger partial charge < -0.3 is 19.5 Å². The van der Waals surface area contributed by atoms with Gasteiger partial charge in [-0.1, -0.05) is 12.1 Å². The van der Waals surface area contributed by atoms with Gasteiger partial charge in [0.25, 0.3) is 5.91 Å². The van der Waals surface area contributed by atoms with Crippen LogP contribution in [0.15, 0.2) is 36.4 Å². The highest BCUT2D eigenvalue weighted by Gasteiger charge is 2.24. The number of ether oxygens (including phenoxy) is 3. The number of halogens is 1. The van der Waals surface area contributed by atoms with Gasteiger partial charge in [0, 0.05) is 30.8 Å². The SMILES string of the molecule is COc1cc(C(=O)NCC(c2ccc(F)cc2)N2CCOCC2)cc(OC)c1C. The average Bonchev–Trinajstić information content (AvgIpc) is 2.75. The molecule has 156 valence electrons. The van der Waals surface area contributed by atoms with Gasteiger partial charge in [-0.05, 0) is 36.8 Å². The molecule has 7 heteroatoms. The van der Waals surface area contributed by atoms with Crippen molar-refractivity contribution in [2.24, 2.45) is 0 Å². The summed E-state index contributed by atoms with van der Waals surface area (Å²) in [4.78, 5) is 15.1. The number of methoxy groups -OCH3 is 2. The number of hydrogen-bond donors (Lipinski definition) is 1. The fraction of sp³-hybridized carbons (Fsp3) is 0.409. The number of nitrogens with one attached hydrogen (secondary N) is 1. The van der Waals surface area contributed by atoms with Crippen molar-refractivity contribution in [1.29, 1.82) is 0 Å². The Morgan fingerprint density at radius 2 is 1.72 bits per heavy atom. The fourth-order valence-corrected chi connectivity index (χ4v) is 3.54. The third-order valence-electron chi connectivity index (χ3n) is 5.21. The standard InChI is InChI=1S/C22H27FN2O4/c1-15-20(27-2)12-17(13-21(15)28-3)22(26)24-14-19(25-8-10-29-11-9-25)16-4-6-18(23)7-5-16/h4-7,12-13,19H,8-11,14H2,1-3H3,(H,24,26). The molecule has 2 aromatic carbocycles. The fourth-order valence-electron chi connectivity index (χ4n) is 3.54. The maximum atomic E-state index is 13.4. The molecule has 1 saturated heterocycles. The highest BCUT2D eigenvalue weighted by atomic mass is 19.1. The zero-order chi connectivity index (χ0) is 20.8. The Hall–Kier alpha value is -2.64. The molecular formula is C22H27FN2O4. The summed E-state index contributed by atoms with van der Waals surface area (Å²) < 4.78 is 29.5. The molecule has 3 rings (SSSR count). The number of morpholine rings is 1. The number of benzene rings is 2. The van der Waals surface area contributed by atoms with Crippen LogP contribution in [0.25, 0.3) is 0 Å². The quantitative estimate of drug-likeness (QED) is 0.772. The molecule has 1 atom stereocenters. The first-order valence-corrected chi connectivity index (χ1v) is 9.61. The molecule has 1 aliphatic heterocycles. The van der Waals surface area contributed by atoms with Crippen LogP contribution >= 0.6 is 0 Å². The van der Waals surface area contributed by atoms with Crippen molar-refractivity contribution in [1.82, 2.24) is 10.2 Å². The number of amides is 1. The normalized spacial score (nSPS) is 15.6. The lowest BCUT2D eigenvalue weighted by molar-refractivity contribution is 0.0162. The Balaban J connectivity index is 1.78. The Morgan fingerprint density at radius 3 is 2.28 bits per heavy atom. The molecule has 0 aromatic heterocycles. The molecule has 0 saturated carbocycles. The average molecular weight is 402 g/mol. The second kappa shape index (κ2) is 9.71. The zero-order valence-electron chi connectivity index (χ0n) is 17.0. The van der Waals surface area contributed by atoms with Crippen LogP contribution in [0, 0.1) is 12.7 Å². The molecule has 1 fully saturated rings. The van der Waals surface area contributed by atoms with Gasteiger partial charge in [0.05, 0.1) is 33.5 Å². The second-order valence-electron chi connectivity index (χ2n) is 6.93. The van der Waals surface area contributed by atoms with Crippen LogP contribution < -0.4 is 14.8 Å². The van der Waals surface area contributed by atoms with Gasteiger partial charge in [-0.15, -0.1) is 0 Å². The summed E-state index contributed by atoms with van der Waals surface area (Å²) in [5.41, 5.74) is 2.25. The van der Waals surface area contributed by atoms with Crippen LogP contribution in [-0.4, -0.2) is 57.9 Å². The van der Waals surface area contributed by atoms with E-state index < -0.39 is 0 Å². The highest BCUT2D eigenvalue weighted by molar-refractivity contribution is 5.95. The predicted octanol–water partition coefficient (Wildman–Crippen LogP) is 2.95. The Labute approximate surface area is 170 Å². The van der Waals surface area contributed by atoms with E-state index >= 15 is 0 Å². The van der Waals surface area contributed by atoms with Gasteiger partial charge in [-0.3, -0.25) is 9.69 Å². The number of hydrogen-bond acceptors (Lipinski definition) is 5. The molecule has 0 radical (unpaired) electrons. The minimum absolute atomic E-state index is 0.0716. The lowest BCUT2D eigenvalue weighted by Crippen LogP contribution is -2.43. The Morgan fingerprint density at radius 1 is 1.14 bits per heavy atom. The maximum Gasteiger partial charge on any atom is 0.251 e. The minimum atomic E-state index is -0.280. The number of rotatable bonds is 7. The third-order valence-corrected chi connectivity index (χ3v) is 5.21. The summed E-state index contributed by atoms with van der Waals surface area (Å²) in [6, 6.07) is 9.75. The van der Waals surface area contributed by atoms with Gasteiger partial charge >= 0.3 is 0 Å². The first kappa shape index (κ1) is 21.1. The van der Waals surface area contributed by atoms with Gasteiger partial charge in [-0.25, -0.2) is 4.39 Å². The van der Waals surface area contributed by atoms with E-state index in [9.17, 15) is 9.18 Å². The summed E-state index contributed by atoms with van der Waals surface area (Å²) in [5, 5.41) is 3.01. The Kier molecular flexibility index (Phi) is 7.06. The van der Waals surface area contributed by atoms with Gasteiger partial charge in [0.1, 0.15) is 17.3 Å². The maximum absolute atomic E-state index is 13.4. The predicted molar refractivity (Wildman–Crippen MR) is 108 cm³/mol. The number of carbonyl (C=O) groups is 1. The van der Waals surface area contributed by atoms with Crippen LogP contribution in [0.3, 0.4) is 0 Å². The highest BCUT2D eigenvalue weighted by Crippen LogP contribution is 2.29. The summed E-state index contributed by atoms with van der Waals surface area (Å²) in [7, 11) is 3.12. The van der Waals surface area contributed by atoms with Crippen molar-refractivity contribution in [3.05, 3.63) is 58.9 Å². The molecule has 1 N–H and O–H groups in total. The van der Waals surface area contributed by atoms with Gasteiger partial charge in [-0.2, -0.15) is 0 Å². The van der Waals surface area contributed by atoms with E-state index in [4.69, 9.17) is 14.2 Å². The smallest absolute Gasteiger partial charge is 0.251 e. The lowest BCUT2D eigenvalue weighted by atomic mass is 10.0. The summed E-state index contributed by atoms with van der Waals surface area (Å²) >= 11 is 0. The second-order valence-corrected chi connectivity index (χ2v) is 6.93. The first-order valence-electron chi connectivity index (χ1n) is 9.61. The van der Waals surface area contributed by atoms with E-state index in [1.807, 2.05) is 6.92 Å². The molecule has 1 amide bonds. The largest absolute Gasteiger partial charge is 0.496 e. The summed E-state index contributed by atoms with van der Waals surface area (Å²) in [5.74, 6) is 0.690. The molecular weight excluding hydrogens is 375 g/mol. The van der Waals surface area contributed by atoms with Crippen molar-refractivity contribution >= 4 is 5.91 Å². The van der Waals surface area contributed by atoms with Crippen molar-refractivity contribution in [2.45, 2.75) is 13.0 Å². The van der Waals surface area contributed by atoms with Gasteiger partial charge in [0.2, 0.25) is 0 Å². The van der Waals surface area contributed by atoms with E-state index in [0.29, 0.717) is 36.8 Å². The third kappa shape index (κ3) is 5.05. The van der Waals surface area contributed by atoms with Crippen molar-refractivity contribution in [2.75, 3.05) is 47.1 Å². The van der Waals surface area contributed by atoms with Crippen LogP contribution in [0.5, 0.6) is 11.5 Å². The van der Waals surface area contributed by atoms with Crippen LogP contribution in [0.1, 0.15) is 27.5 Å². The summed E-state index contributed by atoms with van der Waals surface area (Å²) in [6.07, 6.45) is 0. The van der Waals surface area contributed by atoms with E-state index in [-0.39, 0.29) is 17.8 Å². The van der Waals surface area contributed by atoms with Crippen LogP contribution in [-0.2, 0) is 4.74 Å². The van der Waals surface area contributed by atoms with E-state index in [0.717, 1.165) is 24.2 Å². The van der Waals surface area contributed by atoms with E-state index in [1.165, 1.54) is 12.1 Å². The molecule has 0 bridgehead atoms. The van der Waals surface area contributed by atoms with Crippen LogP contribution in [0.4, 0.5) is 4.39 Å². The zero-order valence-corrected chi connectivity index (χ0v) is 17.0. The molecule has 29 heavy (non-hydrogen) atoms. The lowest BCUT2D eigenvalue weighted by Gasteiger charge is -2.35. The minimum Gasteiger partial charge on any atom is -0.496 e. The van der Waals surface area contributed by atoms with Crippen molar-refractivity contribution < 1.29 is 23.4 Å². The van der Waals surface area contributed by atoms with Crippen molar-refractivity contribution in [3.8, 4) is 11.5 Å². The molecule has 0 aliphatic carbocycles. The first-order chi connectivity index (χ1) is 14.0. The van der Waals surface area contributed by atoms with Crippen molar-refractivity contribution in [3.63, 3.8) is 0 Å². The summed E-state index contributed by atoms with van der Waals surface area (Å²) in [6.45, 7) is 5.05. The molecule has 1 unspecified atom stereocenters. The number of carbonyl (C=O) groups excluding carboxylic acids is 1. The van der Waals surface area contributed by atoms with Gasteiger partial charge in [0.15, 0.2) is 0 Å². The number of nitrogens with zero attached hydrogens (tertiary/aromatic N) is 1.